The molecule has 6 nitrogen and oxygen atoms in total. The number of rotatable bonds is 8. The zero-order valence-electron chi connectivity index (χ0n) is 11.4. The monoisotopic (exact) mass is 267 g/mol. The number of nitrogens with zero attached hydrogens (tertiary/aromatic N) is 2. The lowest BCUT2D eigenvalue weighted by atomic mass is 9.79. The van der Waals surface area contributed by atoms with E-state index in [1.807, 2.05) is 0 Å². The van der Waals surface area contributed by atoms with Gasteiger partial charge in [0.25, 0.3) is 0 Å². The van der Waals surface area contributed by atoms with Crippen molar-refractivity contribution in [1.29, 1.82) is 0 Å². The molecule has 0 saturated carbocycles. The van der Waals surface area contributed by atoms with Crippen LogP contribution in [0.15, 0.2) is 12.4 Å². The van der Waals surface area contributed by atoms with Gasteiger partial charge in [0.15, 0.2) is 5.69 Å². The van der Waals surface area contributed by atoms with Gasteiger partial charge in [0.2, 0.25) is 0 Å². The van der Waals surface area contributed by atoms with E-state index in [0.717, 1.165) is 19.3 Å². The predicted molar refractivity (Wildman–Crippen MR) is 72.2 cm³/mol. The fourth-order valence-corrected chi connectivity index (χ4v) is 1.99. The number of aromatic carboxylic acids is 1. The van der Waals surface area contributed by atoms with Gasteiger partial charge in [-0.2, -0.15) is 0 Å². The van der Waals surface area contributed by atoms with Crippen LogP contribution >= 0.6 is 0 Å². The highest BCUT2D eigenvalue weighted by molar-refractivity contribution is 5.84. The molecule has 0 aromatic carbocycles. The Balaban J connectivity index is 2.66. The minimum Gasteiger partial charge on any atom is -0.476 e. The molecular weight excluding hydrogens is 246 g/mol. The fraction of sp³-hybridized carbons (Fsp3) is 0.615. The van der Waals surface area contributed by atoms with E-state index in [1.165, 1.54) is 12.4 Å². The molecule has 1 aromatic heterocycles. The lowest BCUT2D eigenvalue weighted by Gasteiger charge is -2.31. The fourth-order valence-electron chi connectivity index (χ4n) is 1.99. The summed E-state index contributed by atoms with van der Waals surface area (Å²) in [4.78, 5) is 18.5. The first-order valence-electron chi connectivity index (χ1n) is 6.47. The average Bonchev–Trinajstić information content (AvgIpc) is 2.44. The van der Waals surface area contributed by atoms with Crippen molar-refractivity contribution in [1.82, 2.24) is 9.97 Å². The molecule has 1 rings (SSSR count). The number of aromatic nitrogens is 2. The van der Waals surface area contributed by atoms with Crippen LogP contribution in [0.1, 0.15) is 43.6 Å². The average molecular weight is 267 g/mol. The smallest absolute Gasteiger partial charge is 0.356 e. The van der Waals surface area contributed by atoms with Gasteiger partial charge in [-0.05, 0) is 24.7 Å². The van der Waals surface area contributed by atoms with Crippen molar-refractivity contribution < 1.29 is 15.0 Å². The van der Waals surface area contributed by atoms with E-state index in [2.05, 4.69) is 29.1 Å². The first kappa shape index (κ1) is 15.4. The molecule has 0 fully saturated rings. The summed E-state index contributed by atoms with van der Waals surface area (Å²) in [6, 6.07) is 0. The van der Waals surface area contributed by atoms with Crippen molar-refractivity contribution >= 4 is 11.8 Å². The summed E-state index contributed by atoms with van der Waals surface area (Å²) >= 11 is 0. The van der Waals surface area contributed by atoms with Crippen LogP contribution in [-0.2, 0) is 0 Å². The lowest BCUT2D eigenvalue weighted by molar-refractivity contribution is 0.0690. The molecule has 0 unspecified atom stereocenters. The van der Waals surface area contributed by atoms with Crippen molar-refractivity contribution in [3.8, 4) is 0 Å². The molecule has 0 aliphatic rings. The molecule has 19 heavy (non-hydrogen) atoms. The molecule has 0 amide bonds. The lowest BCUT2D eigenvalue weighted by Crippen LogP contribution is -2.30. The normalized spacial score (nSPS) is 11.3. The van der Waals surface area contributed by atoms with Crippen molar-refractivity contribution in [2.45, 2.75) is 33.1 Å². The molecule has 106 valence electrons. The molecule has 1 aromatic rings. The molecule has 1 heterocycles. The number of carbonyl (C=O) groups is 1. The Hall–Kier alpha value is -1.69. The maximum absolute atomic E-state index is 10.7. The van der Waals surface area contributed by atoms with Gasteiger partial charge < -0.3 is 15.5 Å². The van der Waals surface area contributed by atoms with Crippen LogP contribution in [-0.4, -0.2) is 39.3 Å². The van der Waals surface area contributed by atoms with E-state index in [4.69, 9.17) is 10.2 Å². The van der Waals surface area contributed by atoms with Crippen LogP contribution in [0.25, 0.3) is 0 Å². The SMILES string of the molecule is CCC(CC)(CCO)CNc1cnc(C(=O)O)cn1. The zero-order chi connectivity index (χ0) is 14.3. The second-order valence-electron chi connectivity index (χ2n) is 4.63. The van der Waals surface area contributed by atoms with E-state index < -0.39 is 5.97 Å². The van der Waals surface area contributed by atoms with Gasteiger partial charge in [-0.3, -0.25) is 0 Å². The van der Waals surface area contributed by atoms with Gasteiger partial charge in [-0.1, -0.05) is 13.8 Å². The number of carboxylic acids is 1. The first-order valence-corrected chi connectivity index (χ1v) is 6.47. The summed E-state index contributed by atoms with van der Waals surface area (Å²) in [5.41, 5.74) is -0.0415. The van der Waals surface area contributed by atoms with Gasteiger partial charge in [0.05, 0.1) is 12.4 Å². The summed E-state index contributed by atoms with van der Waals surface area (Å²) in [5, 5.41) is 21.0. The van der Waals surface area contributed by atoms with Crippen LogP contribution in [0.5, 0.6) is 0 Å². The van der Waals surface area contributed by atoms with Crippen LogP contribution in [0.3, 0.4) is 0 Å². The Morgan fingerprint density at radius 1 is 1.32 bits per heavy atom. The number of anilines is 1. The minimum atomic E-state index is -1.09. The standard InChI is InChI=1S/C13H21N3O3/c1-3-13(4-2,5-6-17)9-16-11-8-14-10(7-15-11)12(18)19/h7-8,17H,3-6,9H2,1-2H3,(H,15,16)(H,18,19). The Bertz CT molecular complexity index is 402. The minimum absolute atomic E-state index is 0.0297. The molecule has 0 bridgehead atoms. The third kappa shape index (κ3) is 4.17. The maximum Gasteiger partial charge on any atom is 0.356 e. The quantitative estimate of drug-likeness (QED) is 0.664. The number of aliphatic hydroxyl groups excluding tert-OH is 1. The molecule has 0 saturated heterocycles. The zero-order valence-corrected chi connectivity index (χ0v) is 11.4. The highest BCUT2D eigenvalue weighted by Crippen LogP contribution is 2.30. The van der Waals surface area contributed by atoms with E-state index >= 15 is 0 Å². The van der Waals surface area contributed by atoms with Gasteiger partial charge in [-0.15, -0.1) is 0 Å². The number of hydrogen-bond donors (Lipinski definition) is 3. The Labute approximate surface area is 112 Å². The second kappa shape index (κ2) is 7.04. The van der Waals surface area contributed by atoms with Gasteiger partial charge >= 0.3 is 5.97 Å². The summed E-state index contributed by atoms with van der Waals surface area (Å²) in [6.07, 6.45) is 5.29. The molecule has 0 aliphatic heterocycles. The number of nitrogens with one attached hydrogen (secondary N) is 1. The largest absolute Gasteiger partial charge is 0.476 e. The van der Waals surface area contributed by atoms with Gasteiger partial charge in [-0.25, -0.2) is 14.8 Å². The number of aliphatic hydroxyl groups is 1. The van der Waals surface area contributed by atoms with Gasteiger partial charge in [0, 0.05) is 13.2 Å². The van der Waals surface area contributed by atoms with E-state index in [0.29, 0.717) is 12.4 Å². The Morgan fingerprint density at radius 3 is 2.42 bits per heavy atom. The van der Waals surface area contributed by atoms with E-state index in [9.17, 15) is 4.79 Å². The third-order valence-electron chi connectivity index (χ3n) is 3.66. The maximum atomic E-state index is 10.7. The van der Waals surface area contributed by atoms with Gasteiger partial charge in [0.1, 0.15) is 5.82 Å². The summed E-state index contributed by atoms with van der Waals surface area (Å²) in [5.74, 6) is -0.537. The molecule has 0 radical (unpaired) electrons. The topological polar surface area (TPSA) is 95.3 Å². The van der Waals surface area contributed by atoms with Crippen molar-refractivity contribution in [2.24, 2.45) is 5.41 Å². The summed E-state index contributed by atoms with van der Waals surface area (Å²) in [6.45, 7) is 5.04. The summed E-state index contributed by atoms with van der Waals surface area (Å²) < 4.78 is 0. The highest BCUT2D eigenvalue weighted by Gasteiger charge is 2.25. The van der Waals surface area contributed by atoms with Crippen LogP contribution in [0, 0.1) is 5.41 Å². The second-order valence-corrected chi connectivity index (χ2v) is 4.63. The molecule has 0 aliphatic carbocycles. The first-order chi connectivity index (χ1) is 9.06. The Morgan fingerprint density at radius 2 is 2.00 bits per heavy atom. The van der Waals surface area contributed by atoms with Crippen molar-refractivity contribution in [2.75, 3.05) is 18.5 Å². The van der Waals surface area contributed by atoms with Crippen LogP contribution in [0.2, 0.25) is 0 Å². The highest BCUT2D eigenvalue weighted by atomic mass is 16.4. The summed E-state index contributed by atoms with van der Waals surface area (Å²) in [7, 11) is 0. The molecule has 6 heteroatoms. The molecular formula is C13H21N3O3. The number of carboxylic acid groups (broad SMARTS) is 1. The Kier molecular flexibility index (Phi) is 5.69. The van der Waals surface area contributed by atoms with Crippen molar-refractivity contribution in [3.05, 3.63) is 18.1 Å². The van der Waals surface area contributed by atoms with E-state index in [-0.39, 0.29) is 17.7 Å². The van der Waals surface area contributed by atoms with E-state index in [1.54, 1.807) is 0 Å². The van der Waals surface area contributed by atoms with Crippen LogP contribution in [0.4, 0.5) is 5.82 Å². The third-order valence-corrected chi connectivity index (χ3v) is 3.66. The molecule has 3 N–H and O–H groups in total. The molecule has 0 atom stereocenters. The van der Waals surface area contributed by atoms with Crippen molar-refractivity contribution in [3.63, 3.8) is 0 Å². The van der Waals surface area contributed by atoms with Crippen LogP contribution < -0.4 is 5.32 Å². The number of hydrogen-bond acceptors (Lipinski definition) is 5. The predicted octanol–water partition coefficient (Wildman–Crippen LogP) is 1.78. The molecule has 0 spiro atoms.